The van der Waals surface area contributed by atoms with Crippen LogP contribution in [0.3, 0.4) is 0 Å². The van der Waals surface area contributed by atoms with Crippen molar-refractivity contribution in [3.63, 3.8) is 0 Å². The minimum atomic E-state index is 0.136. The maximum atomic E-state index is 12.8. The standard InChI is InChI=1S/C22H25NO/c1-2-3-4-5-6-7-8-17-22(24)23-20-15-11-9-13-18(20)19-14-10-12-16-21(19)23/h7-16H,2-6,17H2,1H3/b8-7+. The molecule has 0 aliphatic carbocycles. The highest BCUT2D eigenvalue weighted by Crippen LogP contribution is 2.28. The molecule has 0 unspecified atom stereocenters. The Labute approximate surface area is 143 Å². The van der Waals surface area contributed by atoms with Crippen LogP contribution in [0.25, 0.3) is 21.8 Å². The number of nitrogens with zero attached hydrogens (tertiary/aromatic N) is 1. The normalized spacial score (nSPS) is 11.7. The van der Waals surface area contributed by atoms with Crippen LogP contribution in [-0.2, 0) is 0 Å². The topological polar surface area (TPSA) is 22.0 Å². The van der Waals surface area contributed by atoms with Crippen molar-refractivity contribution in [3.8, 4) is 0 Å². The van der Waals surface area contributed by atoms with Gasteiger partial charge in [0.1, 0.15) is 0 Å². The number of unbranched alkanes of at least 4 members (excludes halogenated alkanes) is 4. The van der Waals surface area contributed by atoms with Crippen LogP contribution in [0.1, 0.15) is 50.2 Å². The van der Waals surface area contributed by atoms with Crippen molar-refractivity contribution in [3.05, 3.63) is 60.7 Å². The van der Waals surface area contributed by atoms with Gasteiger partial charge in [0.2, 0.25) is 5.91 Å². The van der Waals surface area contributed by atoms with Gasteiger partial charge in [0.15, 0.2) is 0 Å². The van der Waals surface area contributed by atoms with Crippen molar-refractivity contribution in [2.45, 2.75) is 45.4 Å². The zero-order valence-corrected chi connectivity index (χ0v) is 14.4. The van der Waals surface area contributed by atoms with Crippen molar-refractivity contribution in [1.82, 2.24) is 4.57 Å². The maximum Gasteiger partial charge on any atom is 0.235 e. The monoisotopic (exact) mass is 319 g/mol. The van der Waals surface area contributed by atoms with Gasteiger partial charge in [-0.05, 0) is 25.0 Å². The summed E-state index contributed by atoms with van der Waals surface area (Å²) in [5.74, 6) is 0.136. The molecule has 0 saturated heterocycles. The molecule has 0 amide bonds. The fraction of sp³-hybridized carbons (Fsp3) is 0.318. The Balaban J connectivity index is 1.78. The van der Waals surface area contributed by atoms with E-state index in [9.17, 15) is 4.79 Å². The molecule has 0 N–H and O–H groups in total. The summed E-state index contributed by atoms with van der Waals surface area (Å²) < 4.78 is 1.87. The molecule has 1 aromatic heterocycles. The average molecular weight is 319 g/mol. The van der Waals surface area contributed by atoms with Gasteiger partial charge in [-0.3, -0.25) is 9.36 Å². The Morgan fingerprint density at radius 1 is 0.875 bits per heavy atom. The van der Waals surface area contributed by atoms with Crippen molar-refractivity contribution in [2.24, 2.45) is 0 Å². The van der Waals surface area contributed by atoms with E-state index in [4.69, 9.17) is 0 Å². The molecule has 24 heavy (non-hydrogen) atoms. The first kappa shape index (κ1) is 16.5. The Hall–Kier alpha value is -2.35. The second-order valence-corrected chi connectivity index (χ2v) is 6.29. The minimum absolute atomic E-state index is 0.136. The molecule has 124 valence electrons. The summed E-state index contributed by atoms with van der Waals surface area (Å²) in [5.41, 5.74) is 2.00. The summed E-state index contributed by atoms with van der Waals surface area (Å²) in [6, 6.07) is 16.3. The summed E-state index contributed by atoms with van der Waals surface area (Å²) in [7, 11) is 0. The number of benzene rings is 2. The summed E-state index contributed by atoms with van der Waals surface area (Å²) >= 11 is 0. The van der Waals surface area contributed by atoms with E-state index in [0.29, 0.717) is 6.42 Å². The van der Waals surface area contributed by atoms with Crippen LogP contribution in [0.4, 0.5) is 0 Å². The van der Waals surface area contributed by atoms with Crippen molar-refractivity contribution in [1.29, 1.82) is 0 Å². The summed E-state index contributed by atoms with van der Waals surface area (Å²) in [6.45, 7) is 2.22. The Bertz CT molecular complexity index is 803. The Morgan fingerprint density at radius 2 is 1.50 bits per heavy atom. The Morgan fingerprint density at radius 3 is 2.12 bits per heavy atom. The van der Waals surface area contributed by atoms with Gasteiger partial charge in [0, 0.05) is 17.2 Å². The number of carbonyl (C=O) groups excluding carboxylic acids is 1. The molecule has 2 aromatic carbocycles. The van der Waals surface area contributed by atoms with Crippen LogP contribution < -0.4 is 0 Å². The highest BCUT2D eigenvalue weighted by Gasteiger charge is 2.13. The molecule has 3 rings (SSSR count). The first-order valence-corrected chi connectivity index (χ1v) is 8.99. The lowest BCUT2D eigenvalue weighted by molar-refractivity contribution is 0.0927. The maximum absolute atomic E-state index is 12.8. The van der Waals surface area contributed by atoms with Crippen molar-refractivity contribution >= 4 is 27.7 Å². The third-order valence-corrected chi connectivity index (χ3v) is 4.51. The molecule has 0 saturated carbocycles. The van der Waals surface area contributed by atoms with E-state index in [1.54, 1.807) is 0 Å². The van der Waals surface area contributed by atoms with Crippen molar-refractivity contribution in [2.75, 3.05) is 0 Å². The van der Waals surface area contributed by atoms with Crippen molar-refractivity contribution < 1.29 is 4.79 Å². The first-order valence-electron chi connectivity index (χ1n) is 8.99. The summed E-state index contributed by atoms with van der Waals surface area (Å²) in [6.07, 6.45) is 10.8. The number of allylic oxidation sites excluding steroid dienone is 2. The molecular weight excluding hydrogens is 294 g/mol. The van der Waals surface area contributed by atoms with Crippen LogP contribution in [0.5, 0.6) is 0 Å². The van der Waals surface area contributed by atoms with Crippen LogP contribution >= 0.6 is 0 Å². The fourth-order valence-corrected chi connectivity index (χ4v) is 3.27. The van der Waals surface area contributed by atoms with Crippen LogP contribution in [0, 0.1) is 0 Å². The zero-order valence-electron chi connectivity index (χ0n) is 14.4. The van der Waals surface area contributed by atoms with E-state index < -0.39 is 0 Å². The number of hydrogen-bond acceptors (Lipinski definition) is 1. The Kier molecular flexibility index (Phi) is 5.47. The molecule has 0 fully saturated rings. The van der Waals surface area contributed by atoms with Gasteiger partial charge in [0.05, 0.1) is 11.0 Å². The van der Waals surface area contributed by atoms with Gasteiger partial charge in [-0.2, -0.15) is 0 Å². The van der Waals surface area contributed by atoms with Crippen LogP contribution in [0.2, 0.25) is 0 Å². The predicted octanol–water partition coefficient (Wildman–Crippen LogP) is 6.35. The number of hydrogen-bond donors (Lipinski definition) is 0. The third-order valence-electron chi connectivity index (χ3n) is 4.51. The quantitative estimate of drug-likeness (QED) is 0.367. The number of fused-ring (bicyclic) bond motifs is 3. The molecule has 2 nitrogen and oxygen atoms in total. The molecule has 3 aromatic rings. The number of carbonyl (C=O) groups is 1. The van der Waals surface area contributed by atoms with E-state index in [2.05, 4.69) is 25.1 Å². The van der Waals surface area contributed by atoms with E-state index in [1.807, 2.05) is 47.0 Å². The summed E-state index contributed by atoms with van der Waals surface area (Å²) in [4.78, 5) is 12.8. The average Bonchev–Trinajstić information content (AvgIpc) is 2.95. The van der Waals surface area contributed by atoms with Crippen LogP contribution in [0.15, 0.2) is 60.7 Å². The van der Waals surface area contributed by atoms with Gasteiger partial charge < -0.3 is 0 Å². The number of rotatable bonds is 7. The van der Waals surface area contributed by atoms with Gasteiger partial charge in [0.25, 0.3) is 0 Å². The van der Waals surface area contributed by atoms with E-state index in [-0.39, 0.29) is 5.91 Å². The highest BCUT2D eigenvalue weighted by atomic mass is 16.2. The fourth-order valence-electron chi connectivity index (χ4n) is 3.27. The van der Waals surface area contributed by atoms with Crippen LogP contribution in [-0.4, -0.2) is 10.5 Å². The second kappa shape index (κ2) is 7.96. The molecule has 0 aliphatic heterocycles. The SMILES string of the molecule is CCCCCC/C=C/CC(=O)n1c2ccccc2c2ccccc21. The lowest BCUT2D eigenvalue weighted by atomic mass is 10.1. The number of para-hydroxylation sites is 2. The van der Waals surface area contributed by atoms with Gasteiger partial charge >= 0.3 is 0 Å². The molecule has 0 bridgehead atoms. The van der Waals surface area contributed by atoms with Gasteiger partial charge in [-0.15, -0.1) is 0 Å². The lowest BCUT2D eigenvalue weighted by Crippen LogP contribution is -2.08. The molecule has 0 aliphatic rings. The van der Waals surface area contributed by atoms with E-state index in [0.717, 1.165) is 28.2 Å². The molecule has 0 spiro atoms. The lowest BCUT2D eigenvalue weighted by Gasteiger charge is -2.04. The first-order chi connectivity index (χ1) is 11.8. The predicted molar refractivity (Wildman–Crippen MR) is 103 cm³/mol. The highest BCUT2D eigenvalue weighted by molar-refractivity contribution is 6.13. The second-order valence-electron chi connectivity index (χ2n) is 6.29. The third kappa shape index (κ3) is 3.43. The largest absolute Gasteiger partial charge is 0.280 e. The molecule has 2 heteroatoms. The van der Waals surface area contributed by atoms with E-state index in [1.165, 1.54) is 25.7 Å². The van der Waals surface area contributed by atoms with Gasteiger partial charge in [-0.25, -0.2) is 0 Å². The molecule has 0 radical (unpaired) electrons. The smallest absolute Gasteiger partial charge is 0.235 e. The van der Waals surface area contributed by atoms with Gasteiger partial charge in [-0.1, -0.05) is 74.7 Å². The van der Waals surface area contributed by atoms with E-state index >= 15 is 0 Å². The zero-order chi connectivity index (χ0) is 16.8. The molecule has 1 heterocycles. The molecule has 0 atom stereocenters. The number of aromatic nitrogens is 1. The minimum Gasteiger partial charge on any atom is -0.280 e. The summed E-state index contributed by atoms with van der Waals surface area (Å²) in [5, 5.41) is 2.29. The molecular formula is C22H25NO.